The number of carbonyl (C=O) groups is 2. The van der Waals surface area contributed by atoms with Crippen LogP contribution in [0, 0.1) is 17.5 Å². The minimum absolute atomic E-state index is 0.0704. The largest absolute Gasteiger partial charge is 0.348 e. The third-order valence-electron chi connectivity index (χ3n) is 6.33. The number of carbonyl (C=O) groups excluding carboxylic acids is 2. The van der Waals surface area contributed by atoms with Gasteiger partial charge in [0.2, 0.25) is 0 Å². The molecule has 2 N–H and O–H groups in total. The number of amides is 2. The van der Waals surface area contributed by atoms with Crippen LogP contribution < -0.4 is 10.6 Å². The van der Waals surface area contributed by atoms with Gasteiger partial charge in [-0.2, -0.15) is 0 Å². The molecule has 0 aliphatic rings. The number of anilines is 1. The first-order valence-electron chi connectivity index (χ1n) is 12.6. The fourth-order valence-corrected chi connectivity index (χ4v) is 4.28. The molecule has 10 heteroatoms. The Morgan fingerprint density at radius 2 is 1.65 bits per heavy atom. The maximum absolute atomic E-state index is 14.6. The third kappa shape index (κ3) is 5.70. The van der Waals surface area contributed by atoms with Crippen molar-refractivity contribution in [1.82, 2.24) is 19.7 Å². The van der Waals surface area contributed by atoms with Gasteiger partial charge in [0, 0.05) is 36.3 Å². The summed E-state index contributed by atoms with van der Waals surface area (Å²) in [6.45, 7) is 2.03. The highest BCUT2D eigenvalue weighted by Gasteiger charge is 2.17. The van der Waals surface area contributed by atoms with Crippen molar-refractivity contribution in [2.45, 2.75) is 26.3 Å². The smallest absolute Gasteiger partial charge is 0.274 e. The first kappa shape index (κ1) is 26.6. The van der Waals surface area contributed by atoms with E-state index in [9.17, 15) is 22.8 Å². The van der Waals surface area contributed by atoms with E-state index in [2.05, 4.69) is 33.6 Å². The Labute approximate surface area is 227 Å². The molecule has 0 aliphatic carbocycles. The number of pyridine rings is 2. The van der Waals surface area contributed by atoms with Gasteiger partial charge in [0.05, 0.1) is 11.9 Å². The van der Waals surface area contributed by atoms with Gasteiger partial charge in [-0.3, -0.25) is 19.0 Å². The van der Waals surface area contributed by atoms with Gasteiger partial charge < -0.3 is 10.6 Å². The number of benzene rings is 2. The molecule has 5 rings (SSSR count). The van der Waals surface area contributed by atoms with Crippen LogP contribution in [-0.4, -0.2) is 26.2 Å². The number of nitrogens with zero attached hydrogens (tertiary/aromatic N) is 3. The molecule has 0 fully saturated rings. The molecule has 0 atom stereocenters. The molecule has 2 aromatic carbocycles. The number of hydrogen-bond acceptors (Lipinski definition) is 4. The van der Waals surface area contributed by atoms with Gasteiger partial charge in [0.25, 0.3) is 11.8 Å². The van der Waals surface area contributed by atoms with E-state index in [1.807, 2.05) is 18.3 Å². The van der Waals surface area contributed by atoms with Gasteiger partial charge in [0.15, 0.2) is 11.6 Å². The summed E-state index contributed by atoms with van der Waals surface area (Å²) < 4.78 is 42.7. The highest BCUT2D eigenvalue weighted by molar-refractivity contribution is 6.04. The van der Waals surface area contributed by atoms with E-state index in [1.165, 1.54) is 24.4 Å². The number of halogens is 3. The van der Waals surface area contributed by atoms with Gasteiger partial charge in [-0.15, -0.1) is 0 Å². The molecule has 0 radical (unpaired) electrons. The Balaban J connectivity index is 1.31. The molecular formula is C30H24F3N5O2. The summed E-state index contributed by atoms with van der Waals surface area (Å²) in [5, 5.41) is 5.06. The molecule has 2 amide bonds. The van der Waals surface area contributed by atoms with Crippen LogP contribution in [0.3, 0.4) is 0 Å². The van der Waals surface area contributed by atoms with E-state index >= 15 is 0 Å². The minimum atomic E-state index is -1.03. The fourth-order valence-electron chi connectivity index (χ4n) is 4.28. The van der Waals surface area contributed by atoms with Gasteiger partial charge in [-0.05, 0) is 71.6 Å². The zero-order chi connectivity index (χ0) is 28.2. The van der Waals surface area contributed by atoms with Crippen molar-refractivity contribution in [3.05, 3.63) is 119 Å². The Kier molecular flexibility index (Phi) is 7.59. The van der Waals surface area contributed by atoms with Crippen molar-refractivity contribution in [3.63, 3.8) is 0 Å². The molecular weight excluding hydrogens is 519 g/mol. The molecule has 0 unspecified atom stereocenters. The number of aryl methyl sites for hydroxylation is 1. The average molecular weight is 544 g/mol. The van der Waals surface area contributed by atoms with E-state index < -0.39 is 29.3 Å². The fraction of sp³-hybridized carbons (Fsp3) is 0.133. The van der Waals surface area contributed by atoms with Crippen molar-refractivity contribution in [1.29, 1.82) is 0 Å². The maximum Gasteiger partial charge on any atom is 0.274 e. The van der Waals surface area contributed by atoms with Gasteiger partial charge >= 0.3 is 0 Å². The van der Waals surface area contributed by atoms with E-state index in [-0.39, 0.29) is 23.5 Å². The lowest BCUT2D eigenvalue weighted by Gasteiger charge is -2.10. The van der Waals surface area contributed by atoms with Crippen LogP contribution >= 0.6 is 0 Å². The number of imidazole rings is 1. The first-order chi connectivity index (χ1) is 19.3. The Morgan fingerprint density at radius 1 is 0.825 bits per heavy atom. The van der Waals surface area contributed by atoms with Gasteiger partial charge in [-0.1, -0.05) is 19.4 Å². The molecule has 0 saturated carbocycles. The third-order valence-corrected chi connectivity index (χ3v) is 6.33. The summed E-state index contributed by atoms with van der Waals surface area (Å²) in [5.41, 5.74) is 3.88. The topological polar surface area (TPSA) is 88.4 Å². The lowest BCUT2D eigenvalue weighted by atomic mass is 10.1. The number of aromatic nitrogens is 3. The van der Waals surface area contributed by atoms with Crippen LogP contribution in [0.25, 0.3) is 16.8 Å². The minimum Gasteiger partial charge on any atom is -0.348 e. The lowest BCUT2D eigenvalue weighted by molar-refractivity contribution is 0.0949. The maximum atomic E-state index is 14.6. The van der Waals surface area contributed by atoms with Crippen LogP contribution in [0.1, 0.15) is 45.3 Å². The second kappa shape index (κ2) is 11.4. The predicted octanol–water partition coefficient (Wildman–Crippen LogP) is 5.95. The Hall–Kier alpha value is -4.99. The Morgan fingerprint density at radius 3 is 2.45 bits per heavy atom. The van der Waals surface area contributed by atoms with E-state index in [0.717, 1.165) is 47.7 Å². The van der Waals surface area contributed by atoms with Gasteiger partial charge in [-0.25, -0.2) is 18.2 Å². The number of fused-ring (bicyclic) bond motifs is 1. The van der Waals surface area contributed by atoms with Gasteiger partial charge in [0.1, 0.15) is 17.2 Å². The second-order valence-electron chi connectivity index (χ2n) is 9.20. The number of rotatable bonds is 8. The zero-order valence-electron chi connectivity index (χ0n) is 21.4. The quantitative estimate of drug-likeness (QED) is 0.253. The van der Waals surface area contributed by atoms with Crippen molar-refractivity contribution in [2.75, 3.05) is 5.32 Å². The molecule has 3 aromatic heterocycles. The standard InChI is InChI=1S/C30H24F3N5O2/c1-2-3-18-10-22(16-34-14-18)20-8-9-38-27(17-35-28(38)13-20)30(40)37-26-12-21(5-7-24(26)32)29(39)36-15-19-4-6-23(31)25(33)11-19/h4-14,16-17H,2-3,15H2,1H3,(H,36,39)(H,37,40). The predicted molar refractivity (Wildman–Crippen MR) is 144 cm³/mol. The van der Waals surface area contributed by atoms with E-state index in [0.29, 0.717) is 11.2 Å². The molecule has 0 aliphatic heterocycles. The van der Waals surface area contributed by atoms with Crippen molar-refractivity contribution in [2.24, 2.45) is 0 Å². The molecule has 40 heavy (non-hydrogen) atoms. The van der Waals surface area contributed by atoms with Crippen molar-refractivity contribution >= 4 is 23.1 Å². The highest BCUT2D eigenvalue weighted by atomic mass is 19.2. The number of hydrogen-bond donors (Lipinski definition) is 2. The Bertz CT molecular complexity index is 1730. The highest BCUT2D eigenvalue weighted by Crippen LogP contribution is 2.23. The molecule has 0 spiro atoms. The van der Waals surface area contributed by atoms with Crippen molar-refractivity contribution in [3.8, 4) is 11.1 Å². The lowest BCUT2D eigenvalue weighted by Crippen LogP contribution is -2.23. The first-order valence-corrected chi connectivity index (χ1v) is 12.6. The number of nitrogens with one attached hydrogen (secondary N) is 2. The monoisotopic (exact) mass is 543 g/mol. The summed E-state index contributed by atoms with van der Waals surface area (Å²) in [5.74, 6) is -3.96. The molecule has 202 valence electrons. The molecule has 0 bridgehead atoms. The molecule has 5 aromatic rings. The summed E-state index contributed by atoms with van der Waals surface area (Å²) in [6, 6.07) is 12.5. The average Bonchev–Trinajstić information content (AvgIpc) is 3.38. The van der Waals surface area contributed by atoms with E-state index in [4.69, 9.17) is 0 Å². The summed E-state index contributed by atoms with van der Waals surface area (Å²) >= 11 is 0. The van der Waals surface area contributed by atoms with Crippen LogP contribution in [0.2, 0.25) is 0 Å². The molecule has 0 saturated heterocycles. The van der Waals surface area contributed by atoms with Crippen molar-refractivity contribution < 1.29 is 22.8 Å². The normalized spacial score (nSPS) is 11.0. The van der Waals surface area contributed by atoms with Crippen LogP contribution in [-0.2, 0) is 13.0 Å². The summed E-state index contributed by atoms with van der Waals surface area (Å²) in [4.78, 5) is 34.3. The summed E-state index contributed by atoms with van der Waals surface area (Å²) in [7, 11) is 0. The van der Waals surface area contributed by atoms with E-state index in [1.54, 1.807) is 16.8 Å². The SMILES string of the molecule is CCCc1cncc(-c2ccn3c(C(=O)Nc4cc(C(=O)NCc5ccc(F)c(F)c5)ccc4F)cnc3c2)c1. The van der Waals surface area contributed by atoms with Crippen LogP contribution in [0.5, 0.6) is 0 Å². The van der Waals surface area contributed by atoms with Crippen LogP contribution in [0.15, 0.2) is 79.4 Å². The van der Waals surface area contributed by atoms with Crippen LogP contribution in [0.4, 0.5) is 18.9 Å². The zero-order valence-corrected chi connectivity index (χ0v) is 21.4. The molecule has 3 heterocycles. The molecule has 7 nitrogen and oxygen atoms in total. The summed E-state index contributed by atoms with van der Waals surface area (Å²) in [6.07, 6.45) is 8.63. The second-order valence-corrected chi connectivity index (χ2v) is 9.20.